The molecule has 9 heteroatoms. The first-order valence-electron chi connectivity index (χ1n) is 6.95. The third-order valence-corrected chi connectivity index (χ3v) is 5.14. The molecule has 0 saturated heterocycles. The van der Waals surface area contributed by atoms with Gasteiger partial charge in [-0.15, -0.1) is 11.3 Å². The van der Waals surface area contributed by atoms with Crippen LogP contribution >= 0.6 is 49.9 Å². The monoisotopic (exact) mass is 523 g/mol. The second-order valence-electron chi connectivity index (χ2n) is 4.50. The number of hydrogen-bond acceptors (Lipinski definition) is 7. The van der Waals surface area contributed by atoms with Crippen molar-refractivity contribution in [1.82, 2.24) is 4.98 Å². The minimum Gasteiger partial charge on any atom is -0.496 e. The first kappa shape index (κ1) is 19.1. The molecule has 0 aliphatic carbocycles. The van der Waals surface area contributed by atoms with Crippen molar-refractivity contribution in [1.29, 1.82) is 0 Å². The number of hydrazone groups is 1. The van der Waals surface area contributed by atoms with Crippen LogP contribution in [0.3, 0.4) is 0 Å². The highest BCUT2D eigenvalue weighted by molar-refractivity contribution is 14.1. The fourth-order valence-electron chi connectivity index (χ4n) is 1.76. The SMILES string of the molecule is CCOC(=O)Cc1csc(NN=Cc2cc(I)c(OC)cc2Br)n1. The van der Waals surface area contributed by atoms with Crippen molar-refractivity contribution in [3.05, 3.63) is 36.8 Å². The van der Waals surface area contributed by atoms with Crippen molar-refractivity contribution in [2.75, 3.05) is 19.1 Å². The number of anilines is 1. The molecule has 1 aromatic carbocycles. The van der Waals surface area contributed by atoms with Gasteiger partial charge >= 0.3 is 5.97 Å². The summed E-state index contributed by atoms with van der Waals surface area (Å²) in [7, 11) is 1.63. The van der Waals surface area contributed by atoms with Crippen LogP contribution in [0.25, 0.3) is 0 Å². The van der Waals surface area contributed by atoms with E-state index in [1.165, 1.54) is 11.3 Å². The quantitative estimate of drug-likeness (QED) is 0.256. The zero-order valence-electron chi connectivity index (χ0n) is 13.0. The van der Waals surface area contributed by atoms with E-state index in [1.54, 1.807) is 25.6 Å². The Morgan fingerprint density at radius 3 is 3.04 bits per heavy atom. The molecule has 2 rings (SSSR count). The lowest BCUT2D eigenvalue weighted by atomic mass is 10.2. The number of hydrogen-bond donors (Lipinski definition) is 1. The summed E-state index contributed by atoms with van der Waals surface area (Å²) >= 11 is 7.07. The predicted octanol–water partition coefficient (Wildman–Crippen LogP) is 4.07. The maximum Gasteiger partial charge on any atom is 0.311 e. The molecule has 0 bridgehead atoms. The van der Waals surface area contributed by atoms with Crippen LogP contribution < -0.4 is 10.2 Å². The number of methoxy groups -OCH3 is 1. The van der Waals surface area contributed by atoms with Gasteiger partial charge in [0, 0.05) is 15.4 Å². The molecule has 1 heterocycles. The van der Waals surface area contributed by atoms with E-state index in [-0.39, 0.29) is 12.4 Å². The minimum atomic E-state index is -0.283. The Bertz CT molecular complexity index is 752. The van der Waals surface area contributed by atoms with Crippen molar-refractivity contribution in [2.45, 2.75) is 13.3 Å². The van der Waals surface area contributed by atoms with Crippen LogP contribution in [0.2, 0.25) is 0 Å². The van der Waals surface area contributed by atoms with Gasteiger partial charge < -0.3 is 9.47 Å². The van der Waals surface area contributed by atoms with Crippen LogP contribution in [0, 0.1) is 3.57 Å². The van der Waals surface area contributed by atoms with Crippen LogP contribution in [0.1, 0.15) is 18.2 Å². The standard InChI is InChI=1S/C15H15BrIN3O3S/c1-3-23-14(21)5-10-8-24-15(19-10)20-18-7-9-4-12(17)13(22-2)6-11(9)16/h4,6-8H,3,5H2,1-2H3,(H,19,20). The average molecular weight is 524 g/mol. The Morgan fingerprint density at radius 1 is 1.54 bits per heavy atom. The lowest BCUT2D eigenvalue weighted by molar-refractivity contribution is -0.142. The van der Waals surface area contributed by atoms with E-state index in [4.69, 9.17) is 9.47 Å². The van der Waals surface area contributed by atoms with E-state index in [1.807, 2.05) is 12.1 Å². The molecule has 0 fully saturated rings. The fraction of sp³-hybridized carbons (Fsp3) is 0.267. The van der Waals surface area contributed by atoms with Crippen LogP contribution in [0.4, 0.5) is 5.13 Å². The molecular formula is C15H15BrIN3O3S. The summed E-state index contributed by atoms with van der Waals surface area (Å²) < 4.78 is 12.0. The van der Waals surface area contributed by atoms with E-state index in [0.29, 0.717) is 17.4 Å². The van der Waals surface area contributed by atoms with Crippen LogP contribution in [-0.4, -0.2) is 30.9 Å². The third-order valence-electron chi connectivity index (χ3n) is 2.82. The second kappa shape index (κ2) is 9.33. The van der Waals surface area contributed by atoms with Crippen LogP contribution in [0.15, 0.2) is 27.1 Å². The summed E-state index contributed by atoms with van der Waals surface area (Å²) in [6.45, 7) is 2.15. The molecule has 0 aliphatic rings. The molecule has 0 spiro atoms. The van der Waals surface area contributed by atoms with Crippen molar-refractivity contribution in [3.8, 4) is 5.75 Å². The van der Waals surface area contributed by atoms with Gasteiger partial charge in [0.15, 0.2) is 0 Å². The van der Waals surface area contributed by atoms with Gasteiger partial charge in [-0.05, 0) is 57.6 Å². The number of rotatable bonds is 7. The third kappa shape index (κ3) is 5.42. The number of benzene rings is 1. The Balaban J connectivity index is 1.98. The molecule has 1 aromatic heterocycles. The van der Waals surface area contributed by atoms with Crippen molar-refractivity contribution < 1.29 is 14.3 Å². The second-order valence-corrected chi connectivity index (χ2v) is 7.38. The van der Waals surface area contributed by atoms with Crippen LogP contribution in [-0.2, 0) is 16.0 Å². The number of halogens is 2. The first-order valence-corrected chi connectivity index (χ1v) is 9.70. The molecule has 2 aromatic rings. The summed E-state index contributed by atoms with van der Waals surface area (Å²) in [6.07, 6.45) is 1.86. The first-order chi connectivity index (χ1) is 11.5. The molecule has 0 atom stereocenters. The Hall–Kier alpha value is -1.20. The van der Waals surface area contributed by atoms with Gasteiger partial charge in [0.25, 0.3) is 0 Å². The summed E-state index contributed by atoms with van der Waals surface area (Å²) in [5.74, 6) is 0.519. The Labute approximate surface area is 165 Å². The van der Waals surface area contributed by atoms with E-state index >= 15 is 0 Å². The number of nitrogens with one attached hydrogen (secondary N) is 1. The van der Waals surface area contributed by atoms with E-state index < -0.39 is 0 Å². The topological polar surface area (TPSA) is 72.8 Å². The van der Waals surface area contributed by atoms with Gasteiger partial charge in [-0.1, -0.05) is 0 Å². The van der Waals surface area contributed by atoms with E-state index in [2.05, 4.69) is 54.0 Å². The zero-order chi connectivity index (χ0) is 17.5. The highest BCUT2D eigenvalue weighted by Gasteiger charge is 2.08. The normalized spacial score (nSPS) is 10.8. The molecule has 0 unspecified atom stereocenters. The lowest BCUT2D eigenvalue weighted by Gasteiger charge is -2.06. The predicted molar refractivity (Wildman–Crippen MR) is 107 cm³/mol. The molecule has 0 amide bonds. The summed E-state index contributed by atoms with van der Waals surface area (Å²) in [4.78, 5) is 15.7. The van der Waals surface area contributed by atoms with Gasteiger partial charge in [-0.2, -0.15) is 5.10 Å². The number of thiazole rings is 1. The van der Waals surface area contributed by atoms with Crippen molar-refractivity contribution in [3.63, 3.8) is 0 Å². The highest BCUT2D eigenvalue weighted by Crippen LogP contribution is 2.27. The Kier molecular flexibility index (Phi) is 7.43. The Morgan fingerprint density at radius 2 is 2.33 bits per heavy atom. The fourth-order valence-corrected chi connectivity index (χ4v) is 3.55. The number of nitrogens with zero attached hydrogens (tertiary/aromatic N) is 2. The zero-order valence-corrected chi connectivity index (χ0v) is 17.6. The number of aromatic nitrogens is 1. The summed E-state index contributed by atoms with van der Waals surface area (Å²) in [5, 5.41) is 6.60. The van der Waals surface area contributed by atoms with E-state index in [0.717, 1.165) is 19.4 Å². The maximum atomic E-state index is 11.4. The maximum absolute atomic E-state index is 11.4. The van der Waals surface area contributed by atoms with Gasteiger partial charge in [-0.25, -0.2) is 4.98 Å². The molecule has 0 radical (unpaired) electrons. The largest absolute Gasteiger partial charge is 0.496 e. The molecule has 24 heavy (non-hydrogen) atoms. The molecule has 6 nitrogen and oxygen atoms in total. The average Bonchev–Trinajstić information content (AvgIpc) is 2.97. The molecule has 0 saturated carbocycles. The molecule has 128 valence electrons. The molecule has 1 N–H and O–H groups in total. The van der Waals surface area contributed by atoms with Crippen molar-refractivity contribution in [2.24, 2.45) is 5.10 Å². The molecule has 0 aliphatic heterocycles. The van der Waals surface area contributed by atoms with Crippen molar-refractivity contribution >= 4 is 67.2 Å². The van der Waals surface area contributed by atoms with Gasteiger partial charge in [0.05, 0.1) is 35.6 Å². The van der Waals surface area contributed by atoms with Gasteiger partial charge in [-0.3, -0.25) is 10.2 Å². The summed E-state index contributed by atoms with van der Waals surface area (Å²) in [5.41, 5.74) is 4.44. The van der Waals surface area contributed by atoms with Gasteiger partial charge in [0.2, 0.25) is 5.13 Å². The minimum absolute atomic E-state index is 0.165. The van der Waals surface area contributed by atoms with Gasteiger partial charge in [0.1, 0.15) is 5.75 Å². The highest BCUT2D eigenvalue weighted by atomic mass is 127. The summed E-state index contributed by atoms with van der Waals surface area (Å²) in [6, 6.07) is 3.85. The van der Waals surface area contributed by atoms with E-state index in [9.17, 15) is 4.79 Å². The number of esters is 1. The number of carbonyl (C=O) groups is 1. The smallest absolute Gasteiger partial charge is 0.311 e. The number of carbonyl (C=O) groups excluding carboxylic acids is 1. The number of ether oxygens (including phenoxy) is 2. The van der Waals surface area contributed by atoms with Crippen LogP contribution in [0.5, 0.6) is 5.75 Å². The lowest BCUT2D eigenvalue weighted by Crippen LogP contribution is -2.07. The molecular weight excluding hydrogens is 509 g/mol.